The van der Waals surface area contributed by atoms with Gasteiger partial charge in [0.1, 0.15) is 23.4 Å². The Bertz CT molecular complexity index is 1080. The summed E-state index contributed by atoms with van der Waals surface area (Å²) in [5, 5.41) is 13.0. The van der Waals surface area contributed by atoms with Crippen molar-refractivity contribution < 1.29 is 18.7 Å². The molecule has 0 bridgehead atoms. The van der Waals surface area contributed by atoms with Crippen LogP contribution in [0.3, 0.4) is 0 Å². The molecule has 6 nitrogen and oxygen atoms in total. The fourth-order valence-electron chi connectivity index (χ4n) is 3.40. The van der Waals surface area contributed by atoms with Crippen molar-refractivity contribution >= 4 is 22.2 Å². The third-order valence-electron chi connectivity index (χ3n) is 4.83. The first-order valence-corrected chi connectivity index (χ1v) is 10.2. The van der Waals surface area contributed by atoms with Crippen LogP contribution in [0, 0.1) is 11.3 Å². The summed E-state index contributed by atoms with van der Waals surface area (Å²) in [4.78, 5) is 13.8. The minimum absolute atomic E-state index is 0.171. The van der Waals surface area contributed by atoms with Crippen LogP contribution in [0.15, 0.2) is 40.8 Å². The number of furan rings is 1. The van der Waals surface area contributed by atoms with E-state index in [2.05, 4.69) is 11.4 Å². The van der Waals surface area contributed by atoms with E-state index >= 15 is 0 Å². The van der Waals surface area contributed by atoms with Gasteiger partial charge in [0.2, 0.25) is 0 Å². The topological polar surface area (TPSA) is 84.5 Å². The number of para-hydroxylation sites is 2. The summed E-state index contributed by atoms with van der Waals surface area (Å²) in [6, 6.07) is 12.9. The van der Waals surface area contributed by atoms with Crippen molar-refractivity contribution in [3.8, 4) is 17.6 Å². The third kappa shape index (κ3) is 3.98. The largest absolute Gasteiger partial charge is 0.493 e. The summed E-state index contributed by atoms with van der Waals surface area (Å²) in [6.45, 7) is 0.171. The van der Waals surface area contributed by atoms with Crippen molar-refractivity contribution in [2.45, 2.75) is 32.3 Å². The van der Waals surface area contributed by atoms with Gasteiger partial charge >= 0.3 is 0 Å². The maximum Gasteiger partial charge on any atom is 0.292 e. The van der Waals surface area contributed by atoms with Crippen LogP contribution >= 0.6 is 11.3 Å². The van der Waals surface area contributed by atoms with E-state index in [1.165, 1.54) is 16.2 Å². The summed E-state index contributed by atoms with van der Waals surface area (Å²) in [6.07, 6.45) is 4.07. The number of amides is 1. The van der Waals surface area contributed by atoms with Crippen molar-refractivity contribution in [2.75, 3.05) is 12.4 Å². The Morgan fingerprint density at radius 3 is 2.79 bits per heavy atom. The number of carbonyl (C=O) groups is 1. The Morgan fingerprint density at radius 1 is 1.21 bits per heavy atom. The van der Waals surface area contributed by atoms with Crippen LogP contribution < -0.4 is 14.8 Å². The molecule has 1 aliphatic rings. The van der Waals surface area contributed by atoms with Gasteiger partial charge in [-0.25, -0.2) is 0 Å². The van der Waals surface area contributed by atoms with Gasteiger partial charge in [0.25, 0.3) is 5.91 Å². The lowest BCUT2D eigenvalue weighted by atomic mass is 9.96. The summed E-state index contributed by atoms with van der Waals surface area (Å²) in [7, 11) is 1.58. The van der Waals surface area contributed by atoms with Crippen LogP contribution in [0.1, 0.15) is 45.2 Å². The maximum atomic E-state index is 12.6. The zero-order chi connectivity index (χ0) is 20.2. The number of fused-ring (bicyclic) bond motifs is 1. The molecule has 2 heterocycles. The van der Waals surface area contributed by atoms with Gasteiger partial charge in [-0.3, -0.25) is 4.79 Å². The first-order valence-electron chi connectivity index (χ1n) is 9.40. The molecule has 1 amide bonds. The van der Waals surface area contributed by atoms with E-state index < -0.39 is 0 Å². The highest BCUT2D eigenvalue weighted by Gasteiger charge is 2.23. The number of hydrogen-bond acceptors (Lipinski definition) is 6. The number of thiophene rings is 1. The average molecular weight is 408 g/mol. The smallest absolute Gasteiger partial charge is 0.292 e. The highest BCUT2D eigenvalue weighted by molar-refractivity contribution is 7.16. The second-order valence-electron chi connectivity index (χ2n) is 6.69. The Labute approximate surface area is 172 Å². The number of nitrogens with one attached hydrogen (secondary N) is 1. The van der Waals surface area contributed by atoms with E-state index in [9.17, 15) is 10.1 Å². The molecular formula is C22H20N2O4S. The van der Waals surface area contributed by atoms with Gasteiger partial charge in [-0.1, -0.05) is 12.1 Å². The lowest BCUT2D eigenvalue weighted by Crippen LogP contribution is -2.11. The molecule has 0 aliphatic heterocycles. The molecule has 2 aromatic heterocycles. The molecule has 0 atom stereocenters. The predicted octanol–water partition coefficient (Wildman–Crippen LogP) is 4.93. The zero-order valence-corrected chi connectivity index (χ0v) is 16.8. The molecule has 0 saturated carbocycles. The number of methoxy groups -OCH3 is 1. The highest BCUT2D eigenvalue weighted by atomic mass is 32.1. The van der Waals surface area contributed by atoms with Crippen molar-refractivity contribution in [3.63, 3.8) is 0 Å². The van der Waals surface area contributed by atoms with Gasteiger partial charge in [-0.2, -0.15) is 5.26 Å². The van der Waals surface area contributed by atoms with Gasteiger partial charge in [0.05, 0.1) is 12.7 Å². The summed E-state index contributed by atoms with van der Waals surface area (Å²) >= 11 is 1.49. The van der Waals surface area contributed by atoms with Gasteiger partial charge in [-0.05, 0) is 55.5 Å². The van der Waals surface area contributed by atoms with Gasteiger partial charge < -0.3 is 19.2 Å². The normalized spacial score (nSPS) is 12.7. The molecule has 4 rings (SSSR count). The first-order chi connectivity index (χ1) is 14.2. The quantitative estimate of drug-likeness (QED) is 0.625. The number of rotatable bonds is 6. The second kappa shape index (κ2) is 8.41. The standard InChI is InChI=1S/C22H20N2O4S/c1-26-17-7-3-4-8-18(17)27-13-14-10-11-19(28-14)21(25)24-22-16(12-23)15-6-2-5-9-20(15)29-22/h3-4,7-8,10-11H,2,5-6,9,13H2,1H3,(H,24,25). The molecule has 0 radical (unpaired) electrons. The lowest BCUT2D eigenvalue weighted by molar-refractivity contribution is 0.0993. The second-order valence-corrected chi connectivity index (χ2v) is 7.79. The third-order valence-corrected chi connectivity index (χ3v) is 6.04. The van der Waals surface area contributed by atoms with E-state index in [1.54, 1.807) is 25.3 Å². The molecule has 1 aliphatic carbocycles. The van der Waals surface area contributed by atoms with Crippen molar-refractivity contribution in [2.24, 2.45) is 0 Å². The number of carbonyl (C=O) groups excluding carboxylic acids is 1. The fraction of sp³-hybridized carbons (Fsp3) is 0.273. The number of nitriles is 1. The van der Waals surface area contributed by atoms with E-state index in [0.717, 1.165) is 31.2 Å². The Hall–Kier alpha value is -3.24. The first kappa shape index (κ1) is 19.1. The molecule has 1 aromatic carbocycles. The van der Waals surface area contributed by atoms with Crippen LogP contribution in [0.2, 0.25) is 0 Å². The van der Waals surface area contributed by atoms with Gasteiger partial charge in [0, 0.05) is 4.88 Å². The number of aryl methyl sites for hydroxylation is 1. The Balaban J connectivity index is 1.44. The molecule has 148 valence electrons. The number of anilines is 1. The summed E-state index contributed by atoms with van der Waals surface area (Å²) < 4.78 is 16.6. The van der Waals surface area contributed by atoms with E-state index in [-0.39, 0.29) is 18.3 Å². The van der Waals surface area contributed by atoms with Gasteiger partial charge in [0.15, 0.2) is 17.3 Å². The Morgan fingerprint density at radius 2 is 2.00 bits per heavy atom. The van der Waals surface area contributed by atoms with Crippen molar-refractivity contribution in [1.82, 2.24) is 0 Å². The van der Waals surface area contributed by atoms with E-state index in [0.29, 0.717) is 27.8 Å². The maximum absolute atomic E-state index is 12.6. The summed E-state index contributed by atoms with van der Waals surface area (Å²) in [5.41, 5.74) is 1.67. The SMILES string of the molecule is COc1ccccc1OCc1ccc(C(=O)Nc2sc3c(c2C#N)CCCC3)o1. The van der Waals surface area contributed by atoms with Crippen molar-refractivity contribution in [1.29, 1.82) is 5.26 Å². The van der Waals surface area contributed by atoms with Crippen LogP contribution in [0.5, 0.6) is 11.5 Å². The molecule has 0 saturated heterocycles. The highest BCUT2D eigenvalue weighted by Crippen LogP contribution is 2.37. The average Bonchev–Trinajstić information content (AvgIpc) is 3.36. The molecule has 1 N–H and O–H groups in total. The molecule has 0 fully saturated rings. The van der Waals surface area contributed by atoms with Crippen LogP contribution in [0.25, 0.3) is 0 Å². The van der Waals surface area contributed by atoms with Gasteiger partial charge in [-0.15, -0.1) is 11.3 Å². The molecule has 29 heavy (non-hydrogen) atoms. The molecule has 7 heteroatoms. The van der Waals surface area contributed by atoms with Crippen LogP contribution in [-0.2, 0) is 19.4 Å². The monoisotopic (exact) mass is 408 g/mol. The molecule has 3 aromatic rings. The lowest BCUT2D eigenvalue weighted by Gasteiger charge is -2.09. The summed E-state index contributed by atoms with van der Waals surface area (Å²) in [5.74, 6) is 1.55. The minimum atomic E-state index is -0.372. The minimum Gasteiger partial charge on any atom is -0.493 e. The Kier molecular flexibility index (Phi) is 5.54. The molecule has 0 spiro atoms. The number of hydrogen-bond donors (Lipinski definition) is 1. The van der Waals surface area contributed by atoms with Crippen molar-refractivity contribution in [3.05, 3.63) is 63.9 Å². The predicted molar refractivity (Wildman–Crippen MR) is 110 cm³/mol. The fourth-order valence-corrected chi connectivity index (χ4v) is 4.64. The van der Waals surface area contributed by atoms with E-state index in [4.69, 9.17) is 13.9 Å². The molecule has 0 unspecified atom stereocenters. The number of benzene rings is 1. The number of nitrogens with zero attached hydrogens (tertiary/aromatic N) is 1. The van der Waals surface area contributed by atoms with E-state index in [1.807, 2.05) is 18.2 Å². The van der Waals surface area contributed by atoms with Crippen LogP contribution in [-0.4, -0.2) is 13.0 Å². The molecular weight excluding hydrogens is 388 g/mol. The number of ether oxygens (including phenoxy) is 2. The zero-order valence-electron chi connectivity index (χ0n) is 16.0. The van der Waals surface area contributed by atoms with Crippen LogP contribution in [0.4, 0.5) is 5.00 Å².